The first-order valence-electron chi connectivity index (χ1n) is 12.5. The number of hydrogen-bond donors (Lipinski definition) is 3. The monoisotopic (exact) mass is 480 g/mol. The number of alkyl carbamates (subject to hydrolysis) is 1. The number of aliphatic carboxylic acids is 1. The van der Waals surface area contributed by atoms with Crippen LogP contribution in [0.25, 0.3) is 11.1 Å². The molecule has 7 heteroatoms. The molecule has 7 nitrogen and oxygen atoms in total. The van der Waals surface area contributed by atoms with E-state index in [2.05, 4.69) is 22.8 Å². The third-order valence-electron chi connectivity index (χ3n) is 6.45. The van der Waals surface area contributed by atoms with Crippen LogP contribution in [0.3, 0.4) is 0 Å². The molecule has 1 aliphatic carbocycles. The van der Waals surface area contributed by atoms with Gasteiger partial charge in [-0.05, 0) is 47.4 Å². The van der Waals surface area contributed by atoms with E-state index in [0.717, 1.165) is 28.7 Å². The Labute approximate surface area is 207 Å². The van der Waals surface area contributed by atoms with Crippen LogP contribution in [0.15, 0.2) is 48.5 Å². The zero-order chi connectivity index (χ0) is 25.4. The van der Waals surface area contributed by atoms with Crippen LogP contribution in [0, 0.1) is 5.92 Å². The van der Waals surface area contributed by atoms with Crippen LogP contribution >= 0.6 is 0 Å². The fourth-order valence-electron chi connectivity index (χ4n) is 4.49. The third-order valence-corrected chi connectivity index (χ3v) is 6.45. The highest BCUT2D eigenvalue weighted by Gasteiger charge is 2.30. The van der Waals surface area contributed by atoms with Crippen LogP contribution in [0.5, 0.6) is 0 Å². The molecular formula is C28H36N2O5. The number of benzene rings is 2. The molecule has 188 valence electrons. The van der Waals surface area contributed by atoms with Crippen molar-refractivity contribution in [1.29, 1.82) is 0 Å². The Kier molecular flexibility index (Phi) is 9.29. The molecular weight excluding hydrogens is 444 g/mol. The second-order valence-electron chi connectivity index (χ2n) is 9.54. The summed E-state index contributed by atoms with van der Waals surface area (Å²) in [7, 11) is 0. The molecule has 2 amide bonds. The van der Waals surface area contributed by atoms with Crippen molar-refractivity contribution < 1.29 is 24.2 Å². The summed E-state index contributed by atoms with van der Waals surface area (Å²) < 4.78 is 5.60. The van der Waals surface area contributed by atoms with E-state index in [1.165, 1.54) is 0 Å². The minimum atomic E-state index is -1.07. The standard InChI is InChI=1S/C28H36N2O5/c1-4-5-14-25(27(32)33)29-26(31)24(16-15-18(2)3)30-28(34)35-17-23-21-12-8-6-10-19(21)20-11-7-9-13-22(20)23/h6-13,18,23-25H,4-5,14-17H2,1-3H3,(H,29,31)(H,30,34)(H,32,33). The van der Waals surface area contributed by atoms with Crippen molar-refractivity contribution in [3.8, 4) is 11.1 Å². The van der Waals surface area contributed by atoms with E-state index in [1.54, 1.807) is 0 Å². The first kappa shape index (κ1) is 26.3. The summed E-state index contributed by atoms with van der Waals surface area (Å²) in [5, 5.41) is 14.7. The quantitative estimate of drug-likeness (QED) is 0.392. The normalized spacial score (nSPS) is 14.1. The number of carbonyl (C=O) groups is 3. The first-order valence-corrected chi connectivity index (χ1v) is 12.5. The number of unbranched alkanes of at least 4 members (excludes halogenated alkanes) is 1. The van der Waals surface area contributed by atoms with Crippen molar-refractivity contribution in [1.82, 2.24) is 10.6 Å². The van der Waals surface area contributed by atoms with E-state index in [0.29, 0.717) is 31.6 Å². The smallest absolute Gasteiger partial charge is 0.407 e. The summed E-state index contributed by atoms with van der Waals surface area (Å²) in [4.78, 5) is 37.2. The first-order chi connectivity index (χ1) is 16.8. The van der Waals surface area contributed by atoms with Gasteiger partial charge in [0.25, 0.3) is 0 Å². The summed E-state index contributed by atoms with van der Waals surface area (Å²) in [6.45, 7) is 6.17. The lowest BCUT2D eigenvalue weighted by Gasteiger charge is -2.22. The van der Waals surface area contributed by atoms with Gasteiger partial charge in [-0.15, -0.1) is 0 Å². The highest BCUT2D eigenvalue weighted by atomic mass is 16.5. The molecule has 0 aromatic heterocycles. The molecule has 0 radical (unpaired) electrons. The molecule has 35 heavy (non-hydrogen) atoms. The Hall–Kier alpha value is -3.35. The van der Waals surface area contributed by atoms with Gasteiger partial charge in [-0.2, -0.15) is 0 Å². The van der Waals surface area contributed by atoms with E-state index in [-0.39, 0.29) is 12.5 Å². The molecule has 2 unspecified atom stereocenters. The molecule has 2 aromatic rings. The van der Waals surface area contributed by atoms with Crippen molar-refractivity contribution >= 4 is 18.0 Å². The van der Waals surface area contributed by atoms with Crippen molar-refractivity contribution in [3.05, 3.63) is 59.7 Å². The highest BCUT2D eigenvalue weighted by Crippen LogP contribution is 2.44. The molecule has 0 saturated carbocycles. The Morgan fingerprint density at radius 3 is 2.03 bits per heavy atom. The number of carbonyl (C=O) groups excluding carboxylic acids is 2. The van der Waals surface area contributed by atoms with Gasteiger partial charge in [0, 0.05) is 5.92 Å². The van der Waals surface area contributed by atoms with Crippen molar-refractivity contribution in [3.63, 3.8) is 0 Å². The van der Waals surface area contributed by atoms with Crippen LogP contribution in [0.4, 0.5) is 4.79 Å². The van der Waals surface area contributed by atoms with E-state index in [1.807, 2.05) is 57.2 Å². The molecule has 1 aliphatic rings. The average Bonchev–Trinajstić information content (AvgIpc) is 3.16. The van der Waals surface area contributed by atoms with Gasteiger partial charge in [0.2, 0.25) is 5.91 Å². The zero-order valence-electron chi connectivity index (χ0n) is 20.8. The average molecular weight is 481 g/mol. The lowest BCUT2D eigenvalue weighted by Crippen LogP contribution is -2.51. The highest BCUT2D eigenvalue weighted by molar-refractivity contribution is 5.89. The number of rotatable bonds is 12. The molecule has 3 rings (SSSR count). The predicted molar refractivity (Wildman–Crippen MR) is 135 cm³/mol. The molecule has 2 atom stereocenters. The van der Waals surface area contributed by atoms with Crippen LogP contribution in [-0.4, -0.2) is 41.8 Å². The zero-order valence-corrected chi connectivity index (χ0v) is 20.8. The maximum absolute atomic E-state index is 12.9. The van der Waals surface area contributed by atoms with Crippen molar-refractivity contribution in [2.45, 2.75) is 70.9 Å². The van der Waals surface area contributed by atoms with Crippen LogP contribution in [0.2, 0.25) is 0 Å². The Balaban J connectivity index is 1.65. The van der Waals surface area contributed by atoms with Gasteiger partial charge in [-0.3, -0.25) is 4.79 Å². The number of amides is 2. The fourth-order valence-corrected chi connectivity index (χ4v) is 4.49. The Morgan fingerprint density at radius 2 is 1.49 bits per heavy atom. The van der Waals surface area contributed by atoms with Crippen molar-refractivity contribution in [2.75, 3.05) is 6.61 Å². The van der Waals surface area contributed by atoms with Gasteiger partial charge in [0.15, 0.2) is 0 Å². The van der Waals surface area contributed by atoms with Crippen LogP contribution in [-0.2, 0) is 14.3 Å². The Morgan fingerprint density at radius 1 is 0.886 bits per heavy atom. The number of nitrogens with one attached hydrogen (secondary N) is 2. The number of ether oxygens (including phenoxy) is 1. The van der Waals surface area contributed by atoms with Gasteiger partial charge in [-0.25, -0.2) is 9.59 Å². The van der Waals surface area contributed by atoms with E-state index in [4.69, 9.17) is 4.74 Å². The van der Waals surface area contributed by atoms with Crippen molar-refractivity contribution in [2.24, 2.45) is 5.92 Å². The summed E-state index contributed by atoms with van der Waals surface area (Å²) in [6, 6.07) is 14.3. The largest absolute Gasteiger partial charge is 0.480 e. The molecule has 0 heterocycles. The van der Waals surface area contributed by atoms with E-state index < -0.39 is 30.1 Å². The number of fused-ring (bicyclic) bond motifs is 3. The maximum Gasteiger partial charge on any atom is 0.407 e. The lowest BCUT2D eigenvalue weighted by molar-refractivity contribution is -0.142. The number of carboxylic acid groups (broad SMARTS) is 1. The molecule has 0 spiro atoms. The summed E-state index contributed by atoms with van der Waals surface area (Å²) in [6.07, 6.45) is 2.28. The maximum atomic E-state index is 12.9. The topological polar surface area (TPSA) is 105 Å². The van der Waals surface area contributed by atoms with Gasteiger partial charge in [0.1, 0.15) is 18.7 Å². The molecule has 0 fully saturated rings. The minimum absolute atomic E-state index is 0.0819. The summed E-state index contributed by atoms with van der Waals surface area (Å²) >= 11 is 0. The predicted octanol–water partition coefficient (Wildman–Crippen LogP) is 5.09. The second-order valence-corrected chi connectivity index (χ2v) is 9.54. The molecule has 3 N–H and O–H groups in total. The van der Waals surface area contributed by atoms with Crippen LogP contribution in [0.1, 0.15) is 69.9 Å². The van der Waals surface area contributed by atoms with Gasteiger partial charge >= 0.3 is 12.1 Å². The molecule has 0 saturated heterocycles. The minimum Gasteiger partial charge on any atom is -0.480 e. The molecule has 0 aliphatic heterocycles. The lowest BCUT2D eigenvalue weighted by atomic mass is 9.98. The fraction of sp³-hybridized carbons (Fsp3) is 0.464. The number of carboxylic acids is 1. The third kappa shape index (κ3) is 6.84. The SMILES string of the molecule is CCCCC(NC(=O)C(CCC(C)C)NC(=O)OCC1c2ccccc2-c2ccccc21)C(=O)O. The summed E-state index contributed by atoms with van der Waals surface area (Å²) in [5.74, 6) is -1.33. The van der Waals surface area contributed by atoms with Crippen LogP contribution < -0.4 is 10.6 Å². The van der Waals surface area contributed by atoms with Gasteiger partial charge in [-0.1, -0.05) is 82.1 Å². The van der Waals surface area contributed by atoms with Gasteiger partial charge in [0.05, 0.1) is 0 Å². The number of hydrogen-bond acceptors (Lipinski definition) is 4. The summed E-state index contributed by atoms with van der Waals surface area (Å²) in [5.41, 5.74) is 4.49. The Bertz CT molecular complexity index is 990. The van der Waals surface area contributed by atoms with E-state index in [9.17, 15) is 19.5 Å². The molecule has 0 bridgehead atoms. The van der Waals surface area contributed by atoms with E-state index >= 15 is 0 Å². The molecule has 2 aromatic carbocycles. The second kappa shape index (κ2) is 12.4. The van der Waals surface area contributed by atoms with Gasteiger partial charge < -0.3 is 20.5 Å².